The van der Waals surface area contributed by atoms with Gasteiger partial charge in [-0.1, -0.05) is 0 Å². The van der Waals surface area contributed by atoms with Crippen molar-refractivity contribution < 1.29 is 9.53 Å². The summed E-state index contributed by atoms with van der Waals surface area (Å²) in [5, 5.41) is 3.35. The third-order valence-corrected chi connectivity index (χ3v) is 4.14. The topological polar surface area (TPSA) is 41.6 Å². The lowest BCUT2D eigenvalue weighted by Crippen LogP contribution is -2.44. The fraction of sp³-hybridized carbons (Fsp3) is 0.929. The zero-order valence-corrected chi connectivity index (χ0v) is 12.2. The van der Waals surface area contributed by atoms with Crippen LogP contribution in [0.1, 0.15) is 46.0 Å². The number of nitrogens with zero attached hydrogens (tertiary/aromatic N) is 1. The molecule has 1 aliphatic carbocycles. The van der Waals surface area contributed by atoms with Crippen molar-refractivity contribution >= 4 is 5.97 Å². The van der Waals surface area contributed by atoms with Crippen LogP contribution >= 0.6 is 0 Å². The minimum Gasteiger partial charge on any atom is -0.466 e. The number of esters is 1. The number of rotatable bonds is 6. The predicted octanol–water partition coefficient (Wildman–Crippen LogP) is 1.79. The van der Waals surface area contributed by atoms with E-state index < -0.39 is 0 Å². The van der Waals surface area contributed by atoms with Crippen LogP contribution in [0.25, 0.3) is 0 Å². The minimum absolute atomic E-state index is 0.0826. The van der Waals surface area contributed by atoms with Crippen LogP contribution in [-0.2, 0) is 9.53 Å². The van der Waals surface area contributed by atoms with Crippen LogP contribution in [-0.4, -0.2) is 49.7 Å². The molecule has 0 amide bonds. The molecule has 0 aromatic rings. The van der Waals surface area contributed by atoms with Gasteiger partial charge in [0.2, 0.25) is 0 Å². The van der Waals surface area contributed by atoms with Gasteiger partial charge in [0.05, 0.1) is 13.0 Å². The predicted molar refractivity (Wildman–Crippen MR) is 73.6 cm³/mol. The fourth-order valence-electron chi connectivity index (χ4n) is 2.74. The van der Waals surface area contributed by atoms with E-state index in [0.717, 1.165) is 0 Å². The molecule has 0 aromatic heterocycles. The second-order valence-corrected chi connectivity index (χ2v) is 5.32. The van der Waals surface area contributed by atoms with Gasteiger partial charge in [-0.2, -0.15) is 0 Å². The maximum Gasteiger partial charge on any atom is 0.307 e. The highest BCUT2D eigenvalue weighted by atomic mass is 16.5. The van der Waals surface area contributed by atoms with Crippen LogP contribution in [0.4, 0.5) is 0 Å². The second kappa shape index (κ2) is 7.74. The van der Waals surface area contributed by atoms with E-state index in [2.05, 4.69) is 24.2 Å². The summed E-state index contributed by atoms with van der Waals surface area (Å²) in [7, 11) is 4.17. The molecule has 1 atom stereocenters. The Morgan fingerprint density at radius 1 is 1.39 bits per heavy atom. The summed E-state index contributed by atoms with van der Waals surface area (Å²) in [5.41, 5.74) is 0. The zero-order valence-electron chi connectivity index (χ0n) is 12.2. The van der Waals surface area contributed by atoms with Crippen molar-refractivity contribution in [3.05, 3.63) is 0 Å². The van der Waals surface area contributed by atoms with E-state index in [1.807, 2.05) is 14.0 Å². The lowest BCUT2D eigenvalue weighted by Gasteiger charge is -2.37. The summed E-state index contributed by atoms with van der Waals surface area (Å²) in [5.74, 6) is -0.0826. The maximum atomic E-state index is 11.5. The minimum atomic E-state index is -0.0826. The molecule has 1 saturated carbocycles. The van der Waals surface area contributed by atoms with Gasteiger partial charge in [-0.15, -0.1) is 0 Å². The monoisotopic (exact) mass is 256 g/mol. The molecule has 4 nitrogen and oxygen atoms in total. The molecule has 1 unspecified atom stereocenters. The standard InChI is InChI=1S/C14H28N2O2/c1-5-18-14(17)10-11(2)16(4)13-8-6-12(15-3)7-9-13/h11-13,15H,5-10H2,1-4H3. The molecule has 1 N–H and O–H groups in total. The summed E-state index contributed by atoms with van der Waals surface area (Å²) in [6, 6.07) is 1.55. The van der Waals surface area contributed by atoms with Crippen LogP contribution in [0.5, 0.6) is 0 Å². The van der Waals surface area contributed by atoms with Crippen molar-refractivity contribution in [3.8, 4) is 0 Å². The molecule has 0 bridgehead atoms. The van der Waals surface area contributed by atoms with Crippen LogP contribution in [0.2, 0.25) is 0 Å². The lowest BCUT2D eigenvalue weighted by atomic mass is 9.89. The van der Waals surface area contributed by atoms with E-state index in [4.69, 9.17) is 4.74 Å². The van der Waals surface area contributed by atoms with Gasteiger partial charge in [0, 0.05) is 18.1 Å². The van der Waals surface area contributed by atoms with E-state index in [0.29, 0.717) is 25.1 Å². The molecule has 1 rings (SSSR count). The van der Waals surface area contributed by atoms with Gasteiger partial charge in [0.1, 0.15) is 0 Å². The molecule has 1 fully saturated rings. The second-order valence-electron chi connectivity index (χ2n) is 5.32. The first-order chi connectivity index (χ1) is 8.58. The van der Waals surface area contributed by atoms with Crippen molar-refractivity contribution in [1.29, 1.82) is 0 Å². The highest BCUT2D eigenvalue weighted by Crippen LogP contribution is 2.24. The van der Waals surface area contributed by atoms with Crippen molar-refractivity contribution in [2.24, 2.45) is 0 Å². The first-order valence-electron chi connectivity index (χ1n) is 7.13. The molecule has 4 heteroatoms. The number of hydrogen-bond acceptors (Lipinski definition) is 4. The van der Waals surface area contributed by atoms with E-state index in [1.165, 1.54) is 25.7 Å². The molecule has 1 aliphatic rings. The Kier molecular flexibility index (Phi) is 6.65. The van der Waals surface area contributed by atoms with Crippen molar-refractivity contribution in [2.45, 2.75) is 64.1 Å². The molecule has 0 spiro atoms. The summed E-state index contributed by atoms with van der Waals surface area (Å²) in [6.07, 6.45) is 5.40. The molecule has 18 heavy (non-hydrogen) atoms. The van der Waals surface area contributed by atoms with Gasteiger partial charge >= 0.3 is 5.97 Å². The molecular formula is C14H28N2O2. The van der Waals surface area contributed by atoms with Gasteiger partial charge in [0.15, 0.2) is 0 Å². The van der Waals surface area contributed by atoms with E-state index in [1.54, 1.807) is 0 Å². The van der Waals surface area contributed by atoms with Crippen LogP contribution in [0.3, 0.4) is 0 Å². The van der Waals surface area contributed by atoms with E-state index in [-0.39, 0.29) is 12.0 Å². The fourth-order valence-corrected chi connectivity index (χ4v) is 2.74. The Labute approximate surface area is 111 Å². The number of nitrogens with one attached hydrogen (secondary N) is 1. The Morgan fingerprint density at radius 2 is 2.00 bits per heavy atom. The average Bonchev–Trinajstić information content (AvgIpc) is 2.38. The molecule has 0 aromatic carbocycles. The van der Waals surface area contributed by atoms with Crippen LogP contribution < -0.4 is 5.32 Å². The van der Waals surface area contributed by atoms with Crippen molar-refractivity contribution in [1.82, 2.24) is 10.2 Å². The quantitative estimate of drug-likeness (QED) is 0.736. The van der Waals surface area contributed by atoms with Crippen molar-refractivity contribution in [2.75, 3.05) is 20.7 Å². The Morgan fingerprint density at radius 3 is 2.50 bits per heavy atom. The number of ether oxygens (including phenoxy) is 1. The Bertz CT molecular complexity index is 250. The Hall–Kier alpha value is -0.610. The molecule has 106 valence electrons. The number of carbonyl (C=O) groups is 1. The van der Waals surface area contributed by atoms with Crippen molar-refractivity contribution in [3.63, 3.8) is 0 Å². The average molecular weight is 256 g/mol. The normalized spacial score (nSPS) is 26.1. The van der Waals surface area contributed by atoms with Crippen LogP contribution in [0, 0.1) is 0 Å². The first kappa shape index (κ1) is 15.4. The van der Waals surface area contributed by atoms with Gasteiger partial charge in [-0.05, 0) is 53.6 Å². The summed E-state index contributed by atoms with van der Waals surface area (Å²) >= 11 is 0. The van der Waals surface area contributed by atoms with Crippen LogP contribution in [0.15, 0.2) is 0 Å². The largest absolute Gasteiger partial charge is 0.466 e. The summed E-state index contributed by atoms with van der Waals surface area (Å²) in [4.78, 5) is 13.8. The molecule has 0 radical (unpaired) electrons. The maximum absolute atomic E-state index is 11.5. The lowest BCUT2D eigenvalue weighted by molar-refractivity contribution is -0.144. The molecule has 0 aliphatic heterocycles. The van der Waals surface area contributed by atoms with Gasteiger partial charge in [0.25, 0.3) is 0 Å². The zero-order chi connectivity index (χ0) is 13.5. The number of hydrogen-bond donors (Lipinski definition) is 1. The first-order valence-corrected chi connectivity index (χ1v) is 7.13. The van der Waals surface area contributed by atoms with Gasteiger partial charge in [-0.25, -0.2) is 0 Å². The smallest absolute Gasteiger partial charge is 0.307 e. The summed E-state index contributed by atoms with van der Waals surface area (Å²) in [6.45, 7) is 4.44. The Balaban J connectivity index is 2.35. The number of carbonyl (C=O) groups excluding carboxylic acids is 1. The molecular weight excluding hydrogens is 228 g/mol. The highest BCUT2D eigenvalue weighted by molar-refractivity contribution is 5.70. The highest BCUT2D eigenvalue weighted by Gasteiger charge is 2.26. The third kappa shape index (κ3) is 4.58. The molecule has 0 heterocycles. The van der Waals surface area contributed by atoms with E-state index >= 15 is 0 Å². The van der Waals surface area contributed by atoms with Gasteiger partial charge < -0.3 is 15.0 Å². The summed E-state index contributed by atoms with van der Waals surface area (Å²) < 4.78 is 5.01. The SMILES string of the molecule is CCOC(=O)CC(C)N(C)C1CCC(NC)CC1. The van der Waals surface area contributed by atoms with Gasteiger partial charge in [-0.3, -0.25) is 4.79 Å². The third-order valence-electron chi connectivity index (χ3n) is 4.14. The molecule has 0 saturated heterocycles. The van der Waals surface area contributed by atoms with E-state index in [9.17, 15) is 4.79 Å².